The highest BCUT2D eigenvalue weighted by Gasteiger charge is 2.35. The molecular formula is C21H31NO10. The zero-order chi connectivity index (χ0) is 24.5. The fraction of sp³-hybridized carbons (Fsp3) is 0.714. The molecule has 0 spiro atoms. The van der Waals surface area contributed by atoms with Crippen LogP contribution in [0.2, 0.25) is 0 Å². The number of hydrogen-bond donors (Lipinski definition) is 0. The number of imide groups is 1. The summed E-state index contributed by atoms with van der Waals surface area (Å²) in [5.41, 5.74) is -0.820. The number of ketones is 1. The molecule has 32 heavy (non-hydrogen) atoms. The molecule has 0 aromatic heterocycles. The van der Waals surface area contributed by atoms with Gasteiger partial charge in [0.25, 0.3) is 11.8 Å². The van der Waals surface area contributed by atoms with Gasteiger partial charge in [0.15, 0.2) is 11.9 Å². The molecule has 1 fully saturated rings. The van der Waals surface area contributed by atoms with E-state index in [9.17, 15) is 28.8 Å². The number of rotatable bonds is 11. The van der Waals surface area contributed by atoms with Gasteiger partial charge in [-0.3, -0.25) is 19.2 Å². The maximum absolute atomic E-state index is 12.5. The lowest BCUT2D eigenvalue weighted by molar-refractivity contribution is -0.198. The quantitative estimate of drug-likeness (QED) is 0.257. The number of unbranched alkanes of at least 4 members (excludes halogenated alkanes) is 1. The van der Waals surface area contributed by atoms with Gasteiger partial charge in [-0.1, -0.05) is 13.3 Å². The molecule has 0 aromatic rings. The van der Waals surface area contributed by atoms with Crippen LogP contribution in [-0.2, 0) is 43.0 Å². The van der Waals surface area contributed by atoms with Gasteiger partial charge >= 0.3 is 18.1 Å². The van der Waals surface area contributed by atoms with Crippen molar-refractivity contribution in [1.82, 2.24) is 5.06 Å². The SMILES string of the molecule is CCCCOC(=O)[C@H](CC(=O)ON1C(=O)CCC1=O)CC(=O)[C@H](C)OC(=O)OC(C)(C)C. The molecule has 11 nitrogen and oxygen atoms in total. The number of hydroxylamine groups is 2. The van der Waals surface area contributed by atoms with Crippen LogP contribution in [0.5, 0.6) is 0 Å². The minimum absolute atomic E-state index is 0.0768. The molecule has 11 heteroatoms. The molecule has 2 atom stereocenters. The van der Waals surface area contributed by atoms with Crippen LogP contribution in [0, 0.1) is 5.92 Å². The molecule has 0 N–H and O–H groups in total. The Morgan fingerprint density at radius 3 is 2.16 bits per heavy atom. The van der Waals surface area contributed by atoms with E-state index in [2.05, 4.69) is 0 Å². The molecular weight excluding hydrogens is 426 g/mol. The lowest BCUT2D eigenvalue weighted by Gasteiger charge is -2.21. The fourth-order valence-electron chi connectivity index (χ4n) is 2.56. The summed E-state index contributed by atoms with van der Waals surface area (Å²) >= 11 is 0. The standard InChI is InChI=1S/C21H31NO10/c1-6-7-10-29-19(27)14(12-18(26)32-22-16(24)8-9-17(22)25)11-15(23)13(2)30-20(28)31-21(3,4)5/h13-14H,6-12H2,1-5H3/t13-,14-/m0/s1. The zero-order valence-corrected chi connectivity index (χ0v) is 19.1. The normalized spacial score (nSPS) is 15.7. The van der Waals surface area contributed by atoms with E-state index >= 15 is 0 Å². The molecule has 0 saturated carbocycles. The van der Waals surface area contributed by atoms with Crippen molar-refractivity contribution in [2.45, 2.75) is 84.8 Å². The molecule has 1 heterocycles. The topological polar surface area (TPSA) is 143 Å². The van der Waals surface area contributed by atoms with Gasteiger partial charge in [0.1, 0.15) is 5.60 Å². The van der Waals surface area contributed by atoms with Crippen molar-refractivity contribution in [3.8, 4) is 0 Å². The lowest BCUT2D eigenvalue weighted by atomic mass is 9.97. The zero-order valence-electron chi connectivity index (χ0n) is 19.1. The summed E-state index contributed by atoms with van der Waals surface area (Å²) in [4.78, 5) is 76.9. The van der Waals surface area contributed by atoms with Crippen molar-refractivity contribution < 1.29 is 47.8 Å². The first-order valence-electron chi connectivity index (χ1n) is 10.5. The number of hydrogen-bond acceptors (Lipinski definition) is 10. The van der Waals surface area contributed by atoms with E-state index in [0.29, 0.717) is 11.5 Å². The molecule has 1 aliphatic heterocycles. The molecule has 0 unspecified atom stereocenters. The van der Waals surface area contributed by atoms with Crippen LogP contribution in [-0.4, -0.2) is 59.1 Å². The Balaban J connectivity index is 2.77. The van der Waals surface area contributed by atoms with Crippen molar-refractivity contribution in [3.05, 3.63) is 0 Å². The van der Waals surface area contributed by atoms with E-state index in [4.69, 9.17) is 19.0 Å². The summed E-state index contributed by atoms with van der Waals surface area (Å²) in [6, 6.07) is 0. The van der Waals surface area contributed by atoms with E-state index in [-0.39, 0.29) is 19.4 Å². The monoisotopic (exact) mass is 457 g/mol. The summed E-state index contributed by atoms with van der Waals surface area (Å²) in [6.07, 6.45) is -2.18. The first-order valence-corrected chi connectivity index (χ1v) is 10.5. The average Bonchev–Trinajstić information content (AvgIpc) is 2.97. The molecule has 0 radical (unpaired) electrons. The smallest absolute Gasteiger partial charge is 0.465 e. The lowest BCUT2D eigenvalue weighted by Crippen LogP contribution is -2.35. The number of carbonyl (C=O) groups is 6. The van der Waals surface area contributed by atoms with Crippen molar-refractivity contribution in [1.29, 1.82) is 0 Å². The maximum atomic E-state index is 12.5. The number of amides is 2. The Morgan fingerprint density at radius 1 is 1.03 bits per heavy atom. The molecule has 0 bridgehead atoms. The van der Waals surface area contributed by atoms with Gasteiger partial charge in [0, 0.05) is 19.3 Å². The third-order valence-corrected chi connectivity index (χ3v) is 4.25. The van der Waals surface area contributed by atoms with Gasteiger partial charge in [0.2, 0.25) is 0 Å². The second kappa shape index (κ2) is 12.2. The second-order valence-corrected chi connectivity index (χ2v) is 8.36. The Labute approximate surface area is 186 Å². The van der Waals surface area contributed by atoms with Gasteiger partial charge in [-0.25, -0.2) is 9.59 Å². The van der Waals surface area contributed by atoms with Crippen LogP contribution in [0.3, 0.4) is 0 Å². The highest BCUT2D eigenvalue weighted by Crippen LogP contribution is 2.19. The summed E-state index contributed by atoms with van der Waals surface area (Å²) in [5, 5.41) is 0.359. The van der Waals surface area contributed by atoms with E-state index in [1.807, 2.05) is 6.92 Å². The van der Waals surface area contributed by atoms with Gasteiger partial charge in [0.05, 0.1) is 18.9 Å². The van der Waals surface area contributed by atoms with Crippen LogP contribution in [0.1, 0.15) is 73.1 Å². The fourth-order valence-corrected chi connectivity index (χ4v) is 2.56. The summed E-state index contributed by atoms with van der Waals surface area (Å²) in [7, 11) is 0. The Morgan fingerprint density at radius 2 is 1.62 bits per heavy atom. The Kier molecular flexibility index (Phi) is 10.3. The number of carbonyl (C=O) groups excluding carboxylic acids is 6. The highest BCUT2D eigenvalue weighted by molar-refractivity contribution is 6.01. The van der Waals surface area contributed by atoms with E-state index < -0.39 is 66.2 Å². The van der Waals surface area contributed by atoms with Gasteiger partial charge in [-0.05, 0) is 34.1 Å². The first-order chi connectivity index (χ1) is 14.8. The van der Waals surface area contributed by atoms with Gasteiger partial charge in [-0.15, -0.1) is 5.06 Å². The minimum Gasteiger partial charge on any atom is -0.465 e. The molecule has 0 aromatic carbocycles. The van der Waals surface area contributed by atoms with E-state index in [1.54, 1.807) is 20.8 Å². The molecule has 1 saturated heterocycles. The predicted octanol–water partition coefficient (Wildman–Crippen LogP) is 2.24. The van der Waals surface area contributed by atoms with E-state index in [1.165, 1.54) is 6.92 Å². The summed E-state index contributed by atoms with van der Waals surface area (Å²) < 4.78 is 15.0. The minimum atomic E-state index is -1.25. The second-order valence-electron chi connectivity index (χ2n) is 8.36. The third-order valence-electron chi connectivity index (χ3n) is 4.25. The number of esters is 1. The number of ether oxygens (including phenoxy) is 3. The Hall–Kier alpha value is -2.98. The molecule has 2 amide bonds. The molecule has 180 valence electrons. The number of Topliss-reactive ketones (excluding diaryl/α,β-unsaturated/α-hetero) is 1. The molecule has 0 aliphatic carbocycles. The van der Waals surface area contributed by atoms with Crippen molar-refractivity contribution in [3.63, 3.8) is 0 Å². The largest absolute Gasteiger partial charge is 0.509 e. The first kappa shape index (κ1) is 27.1. The van der Waals surface area contributed by atoms with Gasteiger partial charge < -0.3 is 19.0 Å². The van der Waals surface area contributed by atoms with E-state index in [0.717, 1.165) is 6.42 Å². The van der Waals surface area contributed by atoms with Crippen molar-refractivity contribution >= 4 is 35.7 Å². The average molecular weight is 457 g/mol. The van der Waals surface area contributed by atoms with Crippen molar-refractivity contribution in [2.75, 3.05) is 6.61 Å². The van der Waals surface area contributed by atoms with Crippen LogP contribution >= 0.6 is 0 Å². The molecule has 1 rings (SSSR count). The maximum Gasteiger partial charge on any atom is 0.509 e. The van der Waals surface area contributed by atoms with Crippen LogP contribution in [0.15, 0.2) is 0 Å². The Bertz CT molecular complexity index is 723. The predicted molar refractivity (Wildman–Crippen MR) is 108 cm³/mol. The van der Waals surface area contributed by atoms with Gasteiger partial charge in [-0.2, -0.15) is 0 Å². The van der Waals surface area contributed by atoms with Crippen molar-refractivity contribution in [2.24, 2.45) is 5.92 Å². The summed E-state index contributed by atoms with van der Waals surface area (Å²) in [5.74, 6) is -5.08. The van der Waals surface area contributed by atoms with Crippen LogP contribution in [0.25, 0.3) is 0 Å². The van der Waals surface area contributed by atoms with Crippen LogP contribution < -0.4 is 0 Å². The molecule has 1 aliphatic rings. The number of nitrogens with zero attached hydrogens (tertiary/aromatic N) is 1. The van der Waals surface area contributed by atoms with Crippen LogP contribution in [0.4, 0.5) is 4.79 Å². The summed E-state index contributed by atoms with van der Waals surface area (Å²) in [6.45, 7) is 8.19. The highest BCUT2D eigenvalue weighted by atomic mass is 16.7. The third kappa shape index (κ3) is 9.44.